The van der Waals surface area contributed by atoms with Crippen LogP contribution in [-0.4, -0.2) is 39.4 Å². The number of ether oxygens (including phenoxy) is 1. The molecule has 29 heavy (non-hydrogen) atoms. The quantitative estimate of drug-likeness (QED) is 0.552. The fourth-order valence-corrected chi connectivity index (χ4v) is 3.84. The van der Waals surface area contributed by atoms with E-state index in [4.69, 9.17) is 4.74 Å². The Morgan fingerprint density at radius 3 is 2.62 bits per heavy atom. The van der Waals surface area contributed by atoms with Crippen molar-refractivity contribution in [3.8, 4) is 5.75 Å². The van der Waals surface area contributed by atoms with E-state index in [1.807, 2.05) is 12.1 Å². The molecular formula is C24H28N4O. The molecule has 4 rings (SSSR count). The molecule has 0 aliphatic carbocycles. The zero-order valence-corrected chi connectivity index (χ0v) is 16.8. The molecule has 1 aromatic heterocycles. The van der Waals surface area contributed by atoms with E-state index in [-0.39, 0.29) is 0 Å². The first-order valence-corrected chi connectivity index (χ1v) is 10.3. The highest BCUT2D eigenvalue weighted by atomic mass is 16.5. The summed E-state index contributed by atoms with van der Waals surface area (Å²) in [6.07, 6.45) is 4.63. The molecule has 5 nitrogen and oxygen atoms in total. The molecule has 3 aromatic rings. The van der Waals surface area contributed by atoms with Gasteiger partial charge in [-0.2, -0.15) is 0 Å². The van der Waals surface area contributed by atoms with E-state index < -0.39 is 0 Å². The number of aryl methyl sites for hydroxylation is 2. The highest BCUT2D eigenvalue weighted by molar-refractivity contribution is 5.33. The maximum Gasteiger partial charge on any atom is 0.134 e. The molecular weight excluding hydrogens is 360 g/mol. The van der Waals surface area contributed by atoms with E-state index in [1.54, 1.807) is 6.08 Å². The lowest BCUT2D eigenvalue weighted by molar-refractivity contribution is 0.263. The molecule has 150 valence electrons. The summed E-state index contributed by atoms with van der Waals surface area (Å²) in [6.45, 7) is 8.05. The summed E-state index contributed by atoms with van der Waals surface area (Å²) in [4.78, 5) is 2.48. The first-order chi connectivity index (χ1) is 14.3. The molecule has 2 heterocycles. The van der Waals surface area contributed by atoms with E-state index in [1.165, 1.54) is 11.1 Å². The van der Waals surface area contributed by atoms with Crippen LogP contribution in [0.2, 0.25) is 0 Å². The van der Waals surface area contributed by atoms with Crippen LogP contribution in [0.3, 0.4) is 0 Å². The number of nitrogens with zero attached hydrogens (tertiary/aromatic N) is 4. The fourth-order valence-electron chi connectivity index (χ4n) is 3.84. The van der Waals surface area contributed by atoms with Crippen molar-refractivity contribution in [1.82, 2.24) is 19.7 Å². The van der Waals surface area contributed by atoms with Gasteiger partial charge in [0.15, 0.2) is 0 Å². The van der Waals surface area contributed by atoms with Gasteiger partial charge in [-0.15, -0.1) is 10.2 Å². The molecule has 0 atom stereocenters. The minimum absolute atomic E-state index is 0.531. The highest BCUT2D eigenvalue weighted by Crippen LogP contribution is 2.21. The number of aromatic nitrogens is 3. The molecule has 1 aliphatic rings. The Kier molecular flexibility index (Phi) is 6.37. The number of para-hydroxylation sites is 1. The normalized spacial score (nSPS) is 14.2. The molecule has 2 aromatic carbocycles. The molecule has 0 fully saturated rings. The lowest BCUT2D eigenvalue weighted by Gasteiger charge is -2.21. The summed E-state index contributed by atoms with van der Waals surface area (Å²) < 4.78 is 8.15. The van der Waals surface area contributed by atoms with Crippen LogP contribution in [0.5, 0.6) is 5.75 Å². The average molecular weight is 389 g/mol. The van der Waals surface area contributed by atoms with Crippen LogP contribution in [-0.2, 0) is 32.4 Å². The van der Waals surface area contributed by atoms with Crippen molar-refractivity contribution >= 4 is 0 Å². The molecule has 0 radical (unpaired) electrons. The van der Waals surface area contributed by atoms with E-state index >= 15 is 0 Å². The maximum atomic E-state index is 5.83. The van der Waals surface area contributed by atoms with Crippen LogP contribution in [0, 0.1) is 0 Å². The van der Waals surface area contributed by atoms with Gasteiger partial charge in [0, 0.05) is 44.6 Å². The Bertz CT molecular complexity index is 935. The lowest BCUT2D eigenvalue weighted by atomic mass is 10.1. The van der Waals surface area contributed by atoms with Crippen molar-refractivity contribution in [2.75, 3.05) is 19.7 Å². The second-order valence-corrected chi connectivity index (χ2v) is 7.40. The zero-order chi connectivity index (χ0) is 19.9. The largest absolute Gasteiger partial charge is 0.489 e. The predicted octanol–water partition coefficient (Wildman–Crippen LogP) is 3.69. The first-order valence-electron chi connectivity index (χ1n) is 10.3. The standard InChI is InChI=1S/C24H28N4O/c1-2-18-29-22-11-7-6-10-21(22)19-27-15-14-24-26-25-23(28(24)17-16-27)13-12-20-8-4-3-5-9-20/h2-11H,1,12-19H2. The van der Waals surface area contributed by atoms with Crippen molar-refractivity contribution in [2.24, 2.45) is 0 Å². The van der Waals surface area contributed by atoms with Crippen LogP contribution >= 0.6 is 0 Å². The summed E-state index contributed by atoms with van der Waals surface area (Å²) >= 11 is 0. The Balaban J connectivity index is 1.39. The Labute approximate surface area is 172 Å². The van der Waals surface area contributed by atoms with Gasteiger partial charge in [0.25, 0.3) is 0 Å². The van der Waals surface area contributed by atoms with Crippen LogP contribution in [0.4, 0.5) is 0 Å². The number of hydrogen-bond acceptors (Lipinski definition) is 4. The van der Waals surface area contributed by atoms with Crippen LogP contribution in [0.1, 0.15) is 22.8 Å². The third-order valence-corrected chi connectivity index (χ3v) is 5.40. The number of benzene rings is 2. The second-order valence-electron chi connectivity index (χ2n) is 7.40. The number of fused-ring (bicyclic) bond motifs is 1. The molecule has 0 unspecified atom stereocenters. The number of hydrogen-bond donors (Lipinski definition) is 0. The van der Waals surface area contributed by atoms with Gasteiger partial charge in [-0.25, -0.2) is 0 Å². The monoisotopic (exact) mass is 388 g/mol. The summed E-state index contributed by atoms with van der Waals surface area (Å²) in [5, 5.41) is 8.96. The van der Waals surface area contributed by atoms with Gasteiger partial charge in [-0.1, -0.05) is 61.2 Å². The van der Waals surface area contributed by atoms with Gasteiger partial charge in [-0.05, 0) is 18.1 Å². The molecule has 0 N–H and O–H groups in total. The van der Waals surface area contributed by atoms with Crippen molar-refractivity contribution in [1.29, 1.82) is 0 Å². The van der Waals surface area contributed by atoms with Gasteiger partial charge in [0.2, 0.25) is 0 Å². The fraction of sp³-hybridized carbons (Fsp3) is 0.333. The van der Waals surface area contributed by atoms with Crippen LogP contribution < -0.4 is 4.74 Å². The molecule has 5 heteroatoms. The Morgan fingerprint density at radius 2 is 1.76 bits per heavy atom. The summed E-state index contributed by atoms with van der Waals surface area (Å²) in [7, 11) is 0. The predicted molar refractivity (Wildman–Crippen MR) is 115 cm³/mol. The van der Waals surface area contributed by atoms with Gasteiger partial charge in [0.05, 0.1) is 0 Å². The summed E-state index contributed by atoms with van der Waals surface area (Å²) in [5.41, 5.74) is 2.56. The SMILES string of the molecule is C=CCOc1ccccc1CN1CCc2nnc(CCc3ccccc3)n2CC1. The highest BCUT2D eigenvalue weighted by Gasteiger charge is 2.19. The van der Waals surface area contributed by atoms with E-state index in [9.17, 15) is 0 Å². The minimum Gasteiger partial charge on any atom is -0.489 e. The minimum atomic E-state index is 0.531. The van der Waals surface area contributed by atoms with Gasteiger partial charge < -0.3 is 9.30 Å². The lowest BCUT2D eigenvalue weighted by Crippen LogP contribution is -2.27. The molecule has 1 aliphatic heterocycles. The third kappa shape index (κ3) is 4.93. The average Bonchev–Trinajstić information content (AvgIpc) is 3.04. The molecule has 0 bridgehead atoms. The van der Waals surface area contributed by atoms with Crippen molar-refractivity contribution in [2.45, 2.75) is 32.4 Å². The second kappa shape index (κ2) is 9.52. The zero-order valence-electron chi connectivity index (χ0n) is 16.8. The van der Waals surface area contributed by atoms with Gasteiger partial charge in [0.1, 0.15) is 24.0 Å². The van der Waals surface area contributed by atoms with Crippen molar-refractivity contribution in [3.63, 3.8) is 0 Å². The van der Waals surface area contributed by atoms with Crippen molar-refractivity contribution < 1.29 is 4.74 Å². The van der Waals surface area contributed by atoms with Gasteiger partial charge in [-0.3, -0.25) is 4.90 Å². The summed E-state index contributed by atoms with van der Waals surface area (Å²) in [6, 6.07) is 18.9. The Hall–Kier alpha value is -2.92. The van der Waals surface area contributed by atoms with Crippen LogP contribution in [0.15, 0.2) is 67.3 Å². The van der Waals surface area contributed by atoms with Gasteiger partial charge >= 0.3 is 0 Å². The number of rotatable bonds is 8. The smallest absolute Gasteiger partial charge is 0.134 e. The van der Waals surface area contributed by atoms with E-state index in [0.717, 1.165) is 62.8 Å². The van der Waals surface area contributed by atoms with Crippen molar-refractivity contribution in [3.05, 3.63) is 90.0 Å². The van der Waals surface area contributed by atoms with Crippen LogP contribution in [0.25, 0.3) is 0 Å². The topological polar surface area (TPSA) is 43.2 Å². The Morgan fingerprint density at radius 1 is 0.931 bits per heavy atom. The maximum absolute atomic E-state index is 5.83. The third-order valence-electron chi connectivity index (χ3n) is 5.40. The van der Waals surface area contributed by atoms with E-state index in [0.29, 0.717) is 6.61 Å². The molecule has 0 saturated carbocycles. The molecule has 0 saturated heterocycles. The summed E-state index contributed by atoms with van der Waals surface area (Å²) in [5.74, 6) is 3.15. The first kappa shape index (κ1) is 19.4. The molecule has 0 amide bonds. The van der Waals surface area contributed by atoms with E-state index in [2.05, 4.69) is 68.7 Å². The molecule has 0 spiro atoms.